The molecule has 2 aliphatic heterocycles. The topological polar surface area (TPSA) is 78.1 Å². The van der Waals surface area contributed by atoms with E-state index >= 15 is 0 Å². The second-order valence-corrected chi connectivity index (χ2v) is 12.1. The Morgan fingerprint density at radius 1 is 1.20 bits per heavy atom. The summed E-state index contributed by atoms with van der Waals surface area (Å²) in [6.45, 7) is 4.11. The normalized spacial score (nSPS) is 24.7. The van der Waals surface area contributed by atoms with Crippen LogP contribution in [0.2, 0.25) is 0 Å². The summed E-state index contributed by atoms with van der Waals surface area (Å²) >= 11 is 0. The fourth-order valence-electron chi connectivity index (χ4n) is 7.14. The van der Waals surface area contributed by atoms with E-state index < -0.39 is 23.1 Å². The van der Waals surface area contributed by atoms with E-state index in [4.69, 9.17) is 0 Å². The van der Waals surface area contributed by atoms with Crippen LogP contribution in [0, 0.1) is 23.2 Å². The quantitative estimate of drug-likeness (QED) is 0.378. The van der Waals surface area contributed by atoms with E-state index in [1.165, 1.54) is 11.0 Å². The third kappa shape index (κ3) is 4.90. The Balaban J connectivity index is 1.34. The highest BCUT2D eigenvalue weighted by Crippen LogP contribution is 2.53. The molecule has 6 rings (SSSR count). The molecule has 41 heavy (non-hydrogen) atoms. The van der Waals surface area contributed by atoms with Gasteiger partial charge in [0.05, 0.1) is 23.6 Å². The number of carbonyl (C=O) groups is 1. The Bertz CT molecular complexity index is 1520. The molecule has 1 saturated carbocycles. The van der Waals surface area contributed by atoms with E-state index in [-0.39, 0.29) is 23.6 Å². The first-order valence-corrected chi connectivity index (χ1v) is 14.2. The first-order valence-electron chi connectivity index (χ1n) is 14.2. The average molecular weight is 563 g/mol. The molecule has 0 unspecified atom stereocenters. The Morgan fingerprint density at radius 3 is 2.68 bits per heavy atom. The summed E-state index contributed by atoms with van der Waals surface area (Å²) in [5.74, 6) is 1.07. The van der Waals surface area contributed by atoms with Crippen LogP contribution in [-0.2, 0) is 31.7 Å². The summed E-state index contributed by atoms with van der Waals surface area (Å²) in [4.78, 5) is 17.4. The lowest BCUT2D eigenvalue weighted by molar-refractivity contribution is -0.138. The monoisotopic (exact) mass is 562 g/mol. The van der Waals surface area contributed by atoms with Crippen molar-refractivity contribution in [2.24, 2.45) is 18.9 Å². The summed E-state index contributed by atoms with van der Waals surface area (Å²) in [5.41, 5.74) is 0.946. The maximum Gasteiger partial charge on any atom is 0.416 e. The Morgan fingerprint density at radius 2 is 2.00 bits per heavy atom. The van der Waals surface area contributed by atoms with Gasteiger partial charge >= 0.3 is 6.18 Å². The second-order valence-electron chi connectivity index (χ2n) is 12.1. The van der Waals surface area contributed by atoms with E-state index in [0.717, 1.165) is 37.3 Å². The number of likely N-dealkylation sites (tertiary alicyclic amines) is 1. The van der Waals surface area contributed by atoms with Crippen LogP contribution in [0.3, 0.4) is 0 Å². The zero-order valence-electron chi connectivity index (χ0n) is 23.3. The van der Waals surface area contributed by atoms with Gasteiger partial charge < -0.3 is 9.47 Å². The molecular formula is C31H33F3N6O. The molecule has 3 aliphatic rings. The molecule has 0 bridgehead atoms. The molecule has 214 valence electrons. The van der Waals surface area contributed by atoms with Crippen molar-refractivity contribution >= 4 is 11.6 Å². The second kappa shape index (κ2) is 10.3. The van der Waals surface area contributed by atoms with Gasteiger partial charge in [0.1, 0.15) is 12.2 Å². The van der Waals surface area contributed by atoms with Crippen molar-refractivity contribution in [3.63, 3.8) is 0 Å². The molecule has 3 heterocycles. The van der Waals surface area contributed by atoms with Crippen LogP contribution < -0.4 is 4.90 Å². The third-order valence-electron chi connectivity index (χ3n) is 9.06. The largest absolute Gasteiger partial charge is 0.416 e. The van der Waals surface area contributed by atoms with E-state index in [2.05, 4.69) is 28.1 Å². The number of nitrogens with zero attached hydrogens (tertiary/aromatic N) is 6. The van der Waals surface area contributed by atoms with E-state index in [0.29, 0.717) is 43.0 Å². The zero-order chi connectivity index (χ0) is 28.9. The van der Waals surface area contributed by atoms with Gasteiger partial charge in [0, 0.05) is 37.8 Å². The number of rotatable bonds is 6. The number of hydrogen-bond donors (Lipinski definition) is 0. The third-order valence-corrected chi connectivity index (χ3v) is 9.06. The molecule has 0 spiro atoms. The van der Waals surface area contributed by atoms with Crippen LogP contribution in [0.4, 0.5) is 18.9 Å². The molecule has 1 atom stereocenters. The lowest BCUT2D eigenvalue weighted by atomic mass is 9.57. The highest BCUT2D eigenvalue weighted by molar-refractivity contribution is 6.10. The predicted molar refractivity (Wildman–Crippen MR) is 147 cm³/mol. The van der Waals surface area contributed by atoms with Crippen molar-refractivity contribution in [3.8, 4) is 6.07 Å². The SMILES string of the molecule is C[C@H]1CCCN(Cc2cc3c(c(C(F)(F)F)c2)CN(c2cccc(C4(c5nncn5C)CC(CC#N)C4)c2)C3=O)C1. The van der Waals surface area contributed by atoms with Gasteiger partial charge in [-0.15, -0.1) is 10.2 Å². The fourth-order valence-corrected chi connectivity index (χ4v) is 7.14. The summed E-state index contributed by atoms with van der Waals surface area (Å²) in [7, 11) is 1.87. The summed E-state index contributed by atoms with van der Waals surface area (Å²) < 4.78 is 44.8. The van der Waals surface area contributed by atoms with Crippen LogP contribution in [0.5, 0.6) is 0 Å². The van der Waals surface area contributed by atoms with Crippen LogP contribution in [-0.4, -0.2) is 38.7 Å². The molecule has 10 heteroatoms. The first-order chi connectivity index (χ1) is 19.6. The van der Waals surface area contributed by atoms with Crippen molar-refractivity contribution in [2.75, 3.05) is 18.0 Å². The lowest BCUT2D eigenvalue weighted by Crippen LogP contribution is -2.44. The van der Waals surface area contributed by atoms with Gasteiger partial charge in [-0.25, -0.2) is 0 Å². The van der Waals surface area contributed by atoms with Gasteiger partial charge in [-0.2, -0.15) is 18.4 Å². The maximum absolute atomic E-state index is 14.3. The van der Waals surface area contributed by atoms with Gasteiger partial charge in [0.15, 0.2) is 0 Å². The van der Waals surface area contributed by atoms with Crippen molar-refractivity contribution < 1.29 is 18.0 Å². The highest BCUT2D eigenvalue weighted by Gasteiger charge is 2.50. The maximum atomic E-state index is 14.3. The van der Waals surface area contributed by atoms with E-state index in [9.17, 15) is 23.2 Å². The number of hydrogen-bond acceptors (Lipinski definition) is 5. The molecule has 2 fully saturated rings. The van der Waals surface area contributed by atoms with E-state index in [1.807, 2.05) is 29.8 Å². The summed E-state index contributed by atoms with van der Waals surface area (Å²) in [5, 5.41) is 17.7. The van der Waals surface area contributed by atoms with Gasteiger partial charge in [0.2, 0.25) is 0 Å². The number of piperidine rings is 1. The minimum atomic E-state index is -4.57. The highest BCUT2D eigenvalue weighted by atomic mass is 19.4. The fraction of sp³-hybridized carbons (Fsp3) is 0.484. The molecule has 0 N–H and O–H groups in total. The molecule has 1 saturated heterocycles. The minimum Gasteiger partial charge on any atom is -0.320 e. The Hall–Kier alpha value is -3.71. The van der Waals surface area contributed by atoms with Crippen molar-refractivity contribution in [1.82, 2.24) is 19.7 Å². The van der Waals surface area contributed by atoms with Gasteiger partial charge in [-0.3, -0.25) is 9.69 Å². The Kier molecular flexibility index (Phi) is 6.89. The summed E-state index contributed by atoms with van der Waals surface area (Å²) in [6, 6.07) is 12.6. The number of anilines is 1. The van der Waals surface area contributed by atoms with Crippen LogP contribution in [0.1, 0.15) is 77.5 Å². The van der Waals surface area contributed by atoms with E-state index in [1.54, 1.807) is 18.5 Å². The molecule has 1 amide bonds. The van der Waals surface area contributed by atoms with Crippen molar-refractivity contribution in [2.45, 2.75) is 63.7 Å². The number of benzene rings is 2. The average Bonchev–Trinajstić information content (AvgIpc) is 3.48. The van der Waals surface area contributed by atoms with Gasteiger partial charge in [-0.1, -0.05) is 19.1 Å². The Labute approximate surface area is 237 Å². The van der Waals surface area contributed by atoms with Crippen LogP contribution >= 0.6 is 0 Å². The minimum absolute atomic E-state index is 0.0319. The molecule has 7 nitrogen and oxygen atoms in total. The number of carbonyl (C=O) groups excluding carboxylic acids is 1. The smallest absolute Gasteiger partial charge is 0.320 e. The molecule has 1 aliphatic carbocycles. The van der Waals surface area contributed by atoms with Gasteiger partial charge in [-0.05, 0) is 85.0 Å². The standard InChI is InChI=1S/C31H33F3N6O/c1-20-5-4-10-39(16-20)17-22-11-25-26(27(12-22)31(32,33)34)18-40(28(25)41)24-7-3-6-23(13-24)30(14-21(15-30)8-9-35)29-37-36-19-38(29)2/h3,6-7,11-13,19-21H,4-5,8,10,14-18H2,1-2H3/t20-,21?,30?/m0/s1. The number of halogens is 3. The first kappa shape index (κ1) is 27.5. The van der Waals surface area contributed by atoms with Crippen LogP contribution in [0.15, 0.2) is 42.7 Å². The number of aryl methyl sites for hydroxylation is 1. The predicted octanol–water partition coefficient (Wildman–Crippen LogP) is 5.84. The van der Waals surface area contributed by atoms with Crippen LogP contribution in [0.25, 0.3) is 0 Å². The number of alkyl halides is 3. The lowest BCUT2D eigenvalue weighted by Gasteiger charge is -2.46. The molecular weight excluding hydrogens is 529 g/mol. The zero-order valence-corrected chi connectivity index (χ0v) is 23.3. The number of aromatic nitrogens is 3. The number of amides is 1. The molecule has 1 aromatic heterocycles. The number of fused-ring (bicyclic) bond motifs is 1. The van der Waals surface area contributed by atoms with Crippen molar-refractivity contribution in [1.29, 1.82) is 5.26 Å². The molecule has 2 aromatic carbocycles. The number of nitriles is 1. The summed E-state index contributed by atoms with van der Waals surface area (Å²) in [6.07, 6.45) is 1.08. The molecule has 0 radical (unpaired) electrons. The van der Waals surface area contributed by atoms with Crippen molar-refractivity contribution in [3.05, 3.63) is 76.4 Å². The molecule has 3 aromatic rings. The van der Waals surface area contributed by atoms with Gasteiger partial charge in [0.25, 0.3) is 5.91 Å².